The SMILES string of the molecule is Cc1ccc(-c2c(Cl)cccc2C(F)(F)F)[nH]1. The topological polar surface area (TPSA) is 15.8 Å². The summed E-state index contributed by atoms with van der Waals surface area (Å²) < 4.78 is 38.5. The van der Waals surface area contributed by atoms with E-state index in [1.165, 1.54) is 12.1 Å². The highest BCUT2D eigenvalue weighted by atomic mass is 35.5. The maximum atomic E-state index is 12.8. The summed E-state index contributed by atoms with van der Waals surface area (Å²) in [5.74, 6) is 0. The van der Waals surface area contributed by atoms with Gasteiger partial charge in [0, 0.05) is 17.0 Å². The quantitative estimate of drug-likeness (QED) is 0.766. The van der Waals surface area contributed by atoms with Gasteiger partial charge in [0.2, 0.25) is 0 Å². The Bertz CT molecular complexity index is 543. The molecule has 0 aliphatic rings. The standard InChI is InChI=1S/C12H9ClF3N/c1-7-5-6-10(17-7)11-8(12(14,15)16)3-2-4-9(11)13/h2-6,17H,1H3. The summed E-state index contributed by atoms with van der Waals surface area (Å²) in [5, 5.41) is 0.0849. The number of aromatic amines is 1. The first kappa shape index (κ1) is 12.0. The lowest BCUT2D eigenvalue weighted by atomic mass is 10.0. The van der Waals surface area contributed by atoms with Gasteiger partial charge in [0.1, 0.15) is 0 Å². The first-order chi connectivity index (χ1) is 7.89. The Morgan fingerprint density at radius 1 is 1.12 bits per heavy atom. The molecule has 0 bridgehead atoms. The van der Waals surface area contributed by atoms with Gasteiger partial charge in [0.05, 0.1) is 10.6 Å². The van der Waals surface area contributed by atoms with Gasteiger partial charge in [-0.05, 0) is 31.2 Å². The van der Waals surface area contributed by atoms with E-state index in [-0.39, 0.29) is 10.6 Å². The molecule has 0 saturated carbocycles. The smallest absolute Gasteiger partial charge is 0.359 e. The third-order valence-corrected chi connectivity index (χ3v) is 2.74. The maximum Gasteiger partial charge on any atom is 0.417 e. The predicted molar refractivity (Wildman–Crippen MR) is 61.0 cm³/mol. The molecule has 0 saturated heterocycles. The molecule has 0 aliphatic heterocycles. The highest BCUT2D eigenvalue weighted by Gasteiger charge is 2.34. The molecule has 0 aliphatic carbocycles. The summed E-state index contributed by atoms with van der Waals surface area (Å²) in [4.78, 5) is 2.86. The average Bonchev–Trinajstić information content (AvgIpc) is 2.63. The third-order valence-electron chi connectivity index (χ3n) is 2.42. The van der Waals surface area contributed by atoms with Crippen molar-refractivity contribution in [3.63, 3.8) is 0 Å². The first-order valence-corrected chi connectivity index (χ1v) is 5.29. The molecule has 2 aromatic rings. The van der Waals surface area contributed by atoms with Gasteiger partial charge in [-0.3, -0.25) is 0 Å². The van der Waals surface area contributed by atoms with E-state index in [9.17, 15) is 13.2 Å². The number of H-pyrrole nitrogens is 1. The Morgan fingerprint density at radius 3 is 2.35 bits per heavy atom. The van der Waals surface area contributed by atoms with E-state index in [1.54, 1.807) is 19.1 Å². The van der Waals surface area contributed by atoms with Gasteiger partial charge in [-0.25, -0.2) is 0 Å². The van der Waals surface area contributed by atoms with Crippen LogP contribution in [0.5, 0.6) is 0 Å². The fourth-order valence-corrected chi connectivity index (χ4v) is 1.96. The molecular formula is C12H9ClF3N. The summed E-state index contributed by atoms with van der Waals surface area (Å²) >= 11 is 5.86. The van der Waals surface area contributed by atoms with Gasteiger partial charge < -0.3 is 4.98 Å². The lowest BCUT2D eigenvalue weighted by molar-refractivity contribution is -0.137. The molecule has 1 aromatic carbocycles. The Hall–Kier alpha value is -1.42. The number of alkyl halides is 3. The highest BCUT2D eigenvalue weighted by Crippen LogP contribution is 2.40. The summed E-state index contributed by atoms with van der Waals surface area (Å²) in [6.07, 6.45) is -4.42. The van der Waals surface area contributed by atoms with Crippen molar-refractivity contribution in [2.45, 2.75) is 13.1 Å². The van der Waals surface area contributed by atoms with E-state index in [0.29, 0.717) is 5.69 Å². The van der Waals surface area contributed by atoms with Crippen LogP contribution in [0.2, 0.25) is 5.02 Å². The third kappa shape index (κ3) is 2.31. The van der Waals surface area contributed by atoms with E-state index in [0.717, 1.165) is 11.8 Å². The molecule has 0 unspecified atom stereocenters. The van der Waals surface area contributed by atoms with Crippen molar-refractivity contribution in [1.82, 2.24) is 4.98 Å². The van der Waals surface area contributed by atoms with Gasteiger partial charge in [-0.2, -0.15) is 13.2 Å². The molecular weight excluding hydrogens is 251 g/mol. The highest BCUT2D eigenvalue weighted by molar-refractivity contribution is 6.33. The molecule has 1 heterocycles. The monoisotopic (exact) mass is 259 g/mol. The Balaban J connectivity index is 2.67. The van der Waals surface area contributed by atoms with Crippen LogP contribution in [0.3, 0.4) is 0 Å². The molecule has 5 heteroatoms. The Morgan fingerprint density at radius 2 is 1.82 bits per heavy atom. The van der Waals surface area contributed by atoms with E-state index in [4.69, 9.17) is 11.6 Å². The zero-order valence-electron chi connectivity index (χ0n) is 8.90. The van der Waals surface area contributed by atoms with Gasteiger partial charge in [-0.1, -0.05) is 17.7 Å². The van der Waals surface area contributed by atoms with Crippen LogP contribution in [0.25, 0.3) is 11.3 Å². The van der Waals surface area contributed by atoms with Crippen LogP contribution in [-0.2, 0) is 6.18 Å². The minimum Gasteiger partial charge on any atom is -0.359 e. The predicted octanol–water partition coefficient (Wildman–Crippen LogP) is 4.66. The summed E-state index contributed by atoms with van der Waals surface area (Å²) in [6, 6.07) is 7.06. The van der Waals surface area contributed by atoms with E-state index in [1.807, 2.05) is 0 Å². The molecule has 0 spiro atoms. The number of hydrogen-bond acceptors (Lipinski definition) is 0. The Labute approximate surface area is 101 Å². The number of benzene rings is 1. The van der Waals surface area contributed by atoms with Crippen molar-refractivity contribution in [2.24, 2.45) is 0 Å². The first-order valence-electron chi connectivity index (χ1n) is 4.91. The van der Waals surface area contributed by atoms with Crippen molar-refractivity contribution in [3.8, 4) is 11.3 Å². The molecule has 0 amide bonds. The fourth-order valence-electron chi connectivity index (χ4n) is 1.68. The fraction of sp³-hybridized carbons (Fsp3) is 0.167. The number of aromatic nitrogens is 1. The lowest BCUT2D eigenvalue weighted by Crippen LogP contribution is -2.07. The second-order valence-corrected chi connectivity index (χ2v) is 4.12. The zero-order valence-corrected chi connectivity index (χ0v) is 9.65. The maximum absolute atomic E-state index is 12.8. The second kappa shape index (κ2) is 4.11. The summed E-state index contributed by atoms with van der Waals surface area (Å²) in [7, 11) is 0. The number of hydrogen-bond donors (Lipinski definition) is 1. The molecule has 90 valence electrons. The van der Waals surface area contributed by atoms with Crippen molar-refractivity contribution >= 4 is 11.6 Å². The molecule has 1 N–H and O–H groups in total. The Kier molecular flexibility index (Phi) is 2.91. The number of rotatable bonds is 1. The van der Waals surface area contributed by atoms with Crippen LogP contribution in [0, 0.1) is 6.92 Å². The van der Waals surface area contributed by atoms with E-state index >= 15 is 0 Å². The molecule has 1 nitrogen and oxygen atoms in total. The number of nitrogens with one attached hydrogen (secondary N) is 1. The largest absolute Gasteiger partial charge is 0.417 e. The minimum atomic E-state index is -4.42. The van der Waals surface area contributed by atoms with Crippen molar-refractivity contribution in [3.05, 3.63) is 46.6 Å². The van der Waals surface area contributed by atoms with Crippen molar-refractivity contribution in [1.29, 1.82) is 0 Å². The van der Waals surface area contributed by atoms with Crippen molar-refractivity contribution in [2.75, 3.05) is 0 Å². The molecule has 1 aromatic heterocycles. The molecule has 2 rings (SSSR count). The minimum absolute atomic E-state index is 0.00485. The molecule has 0 fully saturated rings. The van der Waals surface area contributed by atoms with E-state index < -0.39 is 11.7 Å². The average molecular weight is 260 g/mol. The zero-order chi connectivity index (χ0) is 12.6. The van der Waals surface area contributed by atoms with Crippen molar-refractivity contribution < 1.29 is 13.2 Å². The lowest BCUT2D eigenvalue weighted by Gasteiger charge is -2.13. The van der Waals surface area contributed by atoms with Crippen LogP contribution >= 0.6 is 11.6 Å². The summed E-state index contributed by atoms with van der Waals surface area (Å²) in [6.45, 7) is 1.77. The second-order valence-electron chi connectivity index (χ2n) is 3.72. The van der Waals surface area contributed by atoms with Gasteiger partial charge in [0.25, 0.3) is 0 Å². The molecule has 0 radical (unpaired) electrons. The summed E-state index contributed by atoms with van der Waals surface area (Å²) in [5.41, 5.74) is 0.426. The van der Waals surface area contributed by atoms with E-state index in [2.05, 4.69) is 4.98 Å². The van der Waals surface area contributed by atoms with Gasteiger partial charge in [-0.15, -0.1) is 0 Å². The van der Waals surface area contributed by atoms with Crippen LogP contribution in [-0.4, -0.2) is 4.98 Å². The molecule has 0 atom stereocenters. The van der Waals surface area contributed by atoms with Gasteiger partial charge >= 0.3 is 6.18 Å². The molecule has 17 heavy (non-hydrogen) atoms. The van der Waals surface area contributed by atoms with Gasteiger partial charge in [0.15, 0.2) is 0 Å². The van der Waals surface area contributed by atoms with Crippen LogP contribution in [0.4, 0.5) is 13.2 Å². The van der Waals surface area contributed by atoms with Crippen LogP contribution in [0.1, 0.15) is 11.3 Å². The van der Waals surface area contributed by atoms with Crippen LogP contribution in [0.15, 0.2) is 30.3 Å². The number of aryl methyl sites for hydroxylation is 1. The normalized spacial score (nSPS) is 11.8. The van der Waals surface area contributed by atoms with Crippen LogP contribution < -0.4 is 0 Å². The number of halogens is 4.